The van der Waals surface area contributed by atoms with Crippen molar-refractivity contribution in [3.63, 3.8) is 0 Å². The van der Waals surface area contributed by atoms with E-state index in [1.165, 1.54) is 0 Å². The number of aliphatic hydroxyl groups is 1. The number of carbonyl (C=O) groups is 2. The summed E-state index contributed by atoms with van der Waals surface area (Å²) < 4.78 is 0. The summed E-state index contributed by atoms with van der Waals surface area (Å²) in [6.07, 6.45) is 2.08. The first-order chi connectivity index (χ1) is 8.05. The van der Waals surface area contributed by atoms with E-state index in [9.17, 15) is 9.59 Å². The molecule has 6 heteroatoms. The summed E-state index contributed by atoms with van der Waals surface area (Å²) in [7, 11) is 0. The van der Waals surface area contributed by atoms with Crippen LogP contribution in [0.3, 0.4) is 0 Å². The number of piperidine rings is 1. The normalized spacial score (nSPS) is 20.6. The van der Waals surface area contributed by atoms with Crippen LogP contribution in [-0.2, 0) is 9.59 Å². The van der Waals surface area contributed by atoms with Crippen LogP contribution in [0.15, 0.2) is 0 Å². The zero-order valence-corrected chi connectivity index (χ0v) is 10.0. The van der Waals surface area contributed by atoms with E-state index in [1.54, 1.807) is 0 Å². The molecule has 1 unspecified atom stereocenters. The molecule has 0 aliphatic carbocycles. The molecular formula is C11H20N2O4. The maximum atomic E-state index is 12.1. The van der Waals surface area contributed by atoms with Crippen molar-refractivity contribution < 1.29 is 19.8 Å². The molecule has 98 valence electrons. The van der Waals surface area contributed by atoms with Crippen LogP contribution in [0.1, 0.15) is 26.2 Å². The Morgan fingerprint density at radius 1 is 1.41 bits per heavy atom. The lowest BCUT2D eigenvalue weighted by molar-refractivity contribution is -0.145. The topological polar surface area (TPSA) is 98.7 Å². The standard InChI is InChI=1S/C11H20N2O4/c1-2-11(3-5-12-6-4-11)10(17)13-8(7-14)9(15)16/h8,12,14H,2-7H2,1H3,(H,13,17)(H,15,16). The van der Waals surface area contributed by atoms with Crippen molar-refractivity contribution in [1.29, 1.82) is 0 Å². The van der Waals surface area contributed by atoms with Gasteiger partial charge in [-0.15, -0.1) is 0 Å². The Balaban J connectivity index is 2.68. The molecule has 1 rings (SSSR count). The predicted octanol–water partition coefficient (Wildman–Crippen LogP) is -0.672. The van der Waals surface area contributed by atoms with Crippen molar-refractivity contribution in [2.45, 2.75) is 32.2 Å². The minimum Gasteiger partial charge on any atom is -0.480 e. The first-order valence-electron chi connectivity index (χ1n) is 5.91. The number of carbonyl (C=O) groups excluding carboxylic acids is 1. The van der Waals surface area contributed by atoms with Crippen molar-refractivity contribution in [2.24, 2.45) is 5.41 Å². The molecule has 0 aromatic heterocycles. The third-order valence-corrected chi connectivity index (χ3v) is 3.51. The first kappa shape index (κ1) is 13.9. The second kappa shape index (κ2) is 5.97. The van der Waals surface area contributed by atoms with E-state index in [-0.39, 0.29) is 5.91 Å². The van der Waals surface area contributed by atoms with Crippen LogP contribution in [0, 0.1) is 5.41 Å². The third kappa shape index (κ3) is 3.17. The highest BCUT2D eigenvalue weighted by Gasteiger charge is 2.39. The summed E-state index contributed by atoms with van der Waals surface area (Å²) in [5.74, 6) is -1.47. The Kier molecular flexibility index (Phi) is 4.89. The number of carboxylic acid groups (broad SMARTS) is 1. The summed E-state index contributed by atoms with van der Waals surface area (Å²) in [5, 5.41) is 23.3. The summed E-state index contributed by atoms with van der Waals surface area (Å²) >= 11 is 0. The van der Waals surface area contributed by atoms with Crippen LogP contribution in [-0.4, -0.2) is 47.8 Å². The molecule has 4 N–H and O–H groups in total. The van der Waals surface area contributed by atoms with Crippen LogP contribution in [0.5, 0.6) is 0 Å². The Bertz CT molecular complexity index is 287. The van der Waals surface area contributed by atoms with E-state index in [0.29, 0.717) is 19.3 Å². The molecule has 0 saturated carbocycles. The zero-order chi connectivity index (χ0) is 12.9. The Hall–Kier alpha value is -1.14. The number of aliphatic hydroxyl groups excluding tert-OH is 1. The number of rotatable bonds is 5. The van der Waals surface area contributed by atoms with Crippen LogP contribution >= 0.6 is 0 Å². The number of nitrogens with one attached hydrogen (secondary N) is 2. The lowest BCUT2D eigenvalue weighted by atomic mass is 9.75. The van der Waals surface area contributed by atoms with E-state index in [2.05, 4.69) is 10.6 Å². The van der Waals surface area contributed by atoms with E-state index in [1.807, 2.05) is 6.92 Å². The van der Waals surface area contributed by atoms with Gasteiger partial charge in [0.1, 0.15) is 6.04 Å². The predicted molar refractivity (Wildman–Crippen MR) is 61.5 cm³/mol. The van der Waals surface area contributed by atoms with Gasteiger partial charge in [0.25, 0.3) is 0 Å². The molecule has 1 fully saturated rings. The lowest BCUT2D eigenvalue weighted by Gasteiger charge is -2.36. The van der Waals surface area contributed by atoms with Crippen LogP contribution < -0.4 is 10.6 Å². The largest absolute Gasteiger partial charge is 0.480 e. The minimum atomic E-state index is -1.21. The molecule has 17 heavy (non-hydrogen) atoms. The summed E-state index contributed by atoms with van der Waals surface area (Å²) in [6.45, 7) is 2.87. The fourth-order valence-electron chi connectivity index (χ4n) is 2.14. The summed E-state index contributed by atoms with van der Waals surface area (Å²) in [5.41, 5.74) is -0.492. The highest BCUT2D eigenvalue weighted by Crippen LogP contribution is 2.32. The molecule has 0 bridgehead atoms. The molecule has 1 atom stereocenters. The van der Waals surface area contributed by atoms with Gasteiger partial charge in [0.15, 0.2) is 0 Å². The van der Waals surface area contributed by atoms with Crippen LogP contribution in [0.25, 0.3) is 0 Å². The molecule has 1 saturated heterocycles. The van der Waals surface area contributed by atoms with Crippen LogP contribution in [0.2, 0.25) is 0 Å². The van der Waals surface area contributed by atoms with Gasteiger partial charge in [-0.2, -0.15) is 0 Å². The van der Waals surface area contributed by atoms with Crippen molar-refractivity contribution in [1.82, 2.24) is 10.6 Å². The van der Waals surface area contributed by atoms with Crippen molar-refractivity contribution >= 4 is 11.9 Å². The quantitative estimate of drug-likeness (QED) is 0.514. The third-order valence-electron chi connectivity index (χ3n) is 3.51. The first-order valence-corrected chi connectivity index (χ1v) is 5.91. The number of hydrogen-bond donors (Lipinski definition) is 4. The number of amides is 1. The van der Waals surface area contributed by atoms with Gasteiger partial charge in [-0.3, -0.25) is 4.79 Å². The van der Waals surface area contributed by atoms with Gasteiger partial charge in [-0.25, -0.2) is 4.79 Å². The molecule has 1 aliphatic heterocycles. The zero-order valence-electron chi connectivity index (χ0n) is 10.0. The van der Waals surface area contributed by atoms with Crippen molar-refractivity contribution in [3.8, 4) is 0 Å². The molecule has 0 spiro atoms. The van der Waals surface area contributed by atoms with Gasteiger partial charge in [0.2, 0.25) is 5.91 Å². The van der Waals surface area contributed by atoms with Crippen LogP contribution in [0.4, 0.5) is 0 Å². The molecule has 1 heterocycles. The van der Waals surface area contributed by atoms with Gasteiger partial charge in [0.05, 0.1) is 12.0 Å². The highest BCUT2D eigenvalue weighted by molar-refractivity contribution is 5.87. The molecule has 1 aliphatic rings. The van der Waals surface area contributed by atoms with E-state index in [4.69, 9.17) is 10.2 Å². The molecule has 0 aromatic carbocycles. The minimum absolute atomic E-state index is 0.261. The lowest BCUT2D eigenvalue weighted by Crippen LogP contribution is -2.52. The number of aliphatic carboxylic acids is 1. The maximum Gasteiger partial charge on any atom is 0.328 e. The van der Waals surface area contributed by atoms with Gasteiger partial charge < -0.3 is 20.8 Å². The fraction of sp³-hybridized carbons (Fsp3) is 0.818. The SMILES string of the molecule is CCC1(C(=O)NC(CO)C(=O)O)CCNCC1. The number of hydrogen-bond acceptors (Lipinski definition) is 4. The number of carboxylic acids is 1. The van der Waals surface area contributed by atoms with Gasteiger partial charge in [0, 0.05) is 0 Å². The maximum absolute atomic E-state index is 12.1. The molecule has 0 aromatic rings. The molecule has 1 amide bonds. The highest BCUT2D eigenvalue weighted by atomic mass is 16.4. The van der Waals surface area contributed by atoms with Gasteiger partial charge in [-0.1, -0.05) is 6.92 Å². The van der Waals surface area contributed by atoms with Gasteiger partial charge in [-0.05, 0) is 32.4 Å². The Morgan fingerprint density at radius 2 is 2.00 bits per heavy atom. The Morgan fingerprint density at radius 3 is 2.41 bits per heavy atom. The summed E-state index contributed by atoms with van der Waals surface area (Å²) in [4.78, 5) is 22.9. The smallest absolute Gasteiger partial charge is 0.328 e. The Labute approximate surface area is 100 Å². The average Bonchev–Trinajstić information content (AvgIpc) is 2.35. The molecular weight excluding hydrogens is 224 g/mol. The van der Waals surface area contributed by atoms with Gasteiger partial charge >= 0.3 is 5.97 Å². The molecule has 0 radical (unpaired) electrons. The van der Waals surface area contributed by atoms with Crippen molar-refractivity contribution in [2.75, 3.05) is 19.7 Å². The van der Waals surface area contributed by atoms with Crippen molar-refractivity contribution in [3.05, 3.63) is 0 Å². The monoisotopic (exact) mass is 244 g/mol. The van der Waals surface area contributed by atoms with E-state index in [0.717, 1.165) is 13.1 Å². The molecule has 6 nitrogen and oxygen atoms in total. The van der Waals surface area contributed by atoms with E-state index >= 15 is 0 Å². The second-order valence-corrected chi connectivity index (χ2v) is 4.43. The summed E-state index contributed by atoms with van der Waals surface area (Å²) in [6, 6.07) is -1.21. The average molecular weight is 244 g/mol. The second-order valence-electron chi connectivity index (χ2n) is 4.43. The van der Waals surface area contributed by atoms with E-state index < -0.39 is 24.0 Å². The fourth-order valence-corrected chi connectivity index (χ4v) is 2.14.